The maximum atomic E-state index is 11.7. The number of fused-ring (bicyclic) bond motifs is 3. The summed E-state index contributed by atoms with van der Waals surface area (Å²) in [5.41, 5.74) is 2.45. The van der Waals surface area contributed by atoms with Crippen LogP contribution in [0.1, 0.15) is 62.1 Å². The van der Waals surface area contributed by atoms with Gasteiger partial charge >= 0.3 is 20.2 Å². The van der Waals surface area contributed by atoms with E-state index in [1.54, 1.807) is 18.2 Å². The number of rotatable bonds is 8. The van der Waals surface area contributed by atoms with Gasteiger partial charge in [-0.15, -0.1) is 0 Å². The fraction of sp³-hybridized carbons (Fsp3) is 0.538. The number of benzene rings is 2. The van der Waals surface area contributed by atoms with Crippen LogP contribution in [0, 0.1) is 5.92 Å². The van der Waals surface area contributed by atoms with Gasteiger partial charge in [-0.05, 0) is 91.8 Å². The normalized spacial score (nSPS) is 26.5. The van der Waals surface area contributed by atoms with Crippen LogP contribution >= 0.6 is 0 Å². The van der Waals surface area contributed by atoms with Crippen LogP contribution in [0.4, 0.5) is 0 Å². The molecule has 0 amide bonds. The number of aliphatic hydroxyl groups is 1. The van der Waals surface area contributed by atoms with Crippen molar-refractivity contribution in [2.24, 2.45) is 5.92 Å². The van der Waals surface area contributed by atoms with E-state index in [4.69, 9.17) is 8.37 Å². The lowest BCUT2D eigenvalue weighted by molar-refractivity contribution is -0.0565. The van der Waals surface area contributed by atoms with Crippen LogP contribution in [0.3, 0.4) is 0 Å². The fourth-order valence-electron chi connectivity index (χ4n) is 6.19. The van der Waals surface area contributed by atoms with Crippen molar-refractivity contribution in [1.82, 2.24) is 0 Å². The topological polar surface area (TPSA) is 107 Å². The lowest BCUT2D eigenvalue weighted by Crippen LogP contribution is -2.51. The molecule has 1 unspecified atom stereocenters. The number of hydrogen-bond donors (Lipinski definition) is 1. The second kappa shape index (κ2) is 9.41. The van der Waals surface area contributed by atoms with E-state index in [0.29, 0.717) is 12.2 Å². The first-order chi connectivity index (χ1) is 16.3. The van der Waals surface area contributed by atoms with Crippen molar-refractivity contribution in [1.29, 1.82) is 0 Å². The summed E-state index contributed by atoms with van der Waals surface area (Å²) in [5.74, 6) is 0.868. The molecule has 0 aromatic heterocycles. The Bertz CT molecular complexity index is 1290. The lowest BCUT2D eigenvalue weighted by Gasteiger charge is -2.53. The number of aryl methyl sites for hydroxylation is 1. The van der Waals surface area contributed by atoms with Gasteiger partial charge in [0.1, 0.15) is 11.5 Å². The molecule has 0 aliphatic heterocycles. The number of hydrogen-bond acceptors (Lipinski definition) is 7. The zero-order chi connectivity index (χ0) is 25.5. The van der Waals surface area contributed by atoms with Gasteiger partial charge in [0.25, 0.3) is 0 Å². The summed E-state index contributed by atoms with van der Waals surface area (Å²) in [7, 11) is -7.21. The molecule has 0 heterocycles. The molecular weight excluding hydrogens is 488 g/mol. The Hall–Kier alpha value is -2.10. The Morgan fingerprint density at radius 1 is 0.943 bits per heavy atom. The molecule has 7 nitrogen and oxygen atoms in total. The van der Waals surface area contributed by atoms with Gasteiger partial charge in [0.05, 0.1) is 18.1 Å². The molecular formula is C26H34O7S2. The lowest BCUT2D eigenvalue weighted by atomic mass is 9.52. The van der Waals surface area contributed by atoms with Crippen LogP contribution in [0.2, 0.25) is 0 Å². The van der Waals surface area contributed by atoms with E-state index >= 15 is 0 Å². The van der Waals surface area contributed by atoms with Crippen molar-refractivity contribution in [3.8, 4) is 11.5 Å². The molecule has 192 valence electrons. The predicted molar refractivity (Wildman–Crippen MR) is 135 cm³/mol. The molecule has 0 bridgehead atoms. The van der Waals surface area contributed by atoms with Gasteiger partial charge in [-0.1, -0.05) is 31.5 Å². The molecule has 1 saturated carbocycles. The Labute approximate surface area is 208 Å². The predicted octanol–water partition coefficient (Wildman–Crippen LogP) is 4.12. The molecule has 1 N–H and O–H groups in total. The van der Waals surface area contributed by atoms with E-state index in [-0.39, 0.29) is 17.1 Å². The van der Waals surface area contributed by atoms with Crippen LogP contribution in [0.15, 0.2) is 42.5 Å². The molecule has 35 heavy (non-hydrogen) atoms. The van der Waals surface area contributed by atoms with Crippen LogP contribution in [-0.4, -0.2) is 40.1 Å². The molecule has 0 saturated heterocycles. The largest absolute Gasteiger partial charge is 0.390 e. The third-order valence-electron chi connectivity index (χ3n) is 7.47. The summed E-state index contributed by atoms with van der Waals surface area (Å²) < 4.78 is 56.4. The molecule has 2 aliphatic carbocycles. The Balaban J connectivity index is 1.71. The van der Waals surface area contributed by atoms with Crippen molar-refractivity contribution in [3.05, 3.63) is 59.2 Å². The van der Waals surface area contributed by atoms with E-state index in [1.165, 1.54) is 5.56 Å². The zero-order valence-electron chi connectivity index (χ0n) is 20.5. The highest BCUT2D eigenvalue weighted by Gasteiger charge is 2.51. The van der Waals surface area contributed by atoms with Crippen LogP contribution < -0.4 is 8.37 Å². The first-order valence-electron chi connectivity index (χ1n) is 12.0. The molecule has 2 aromatic carbocycles. The summed E-state index contributed by atoms with van der Waals surface area (Å²) in [6, 6.07) is 12.7. The second-order valence-electron chi connectivity index (χ2n) is 10.3. The van der Waals surface area contributed by atoms with Gasteiger partial charge in [-0.3, -0.25) is 0 Å². The summed E-state index contributed by atoms with van der Waals surface area (Å²) >= 11 is 0. The van der Waals surface area contributed by atoms with Gasteiger partial charge in [0.15, 0.2) is 0 Å². The van der Waals surface area contributed by atoms with E-state index in [1.807, 2.05) is 24.3 Å². The van der Waals surface area contributed by atoms with E-state index < -0.39 is 25.8 Å². The summed E-state index contributed by atoms with van der Waals surface area (Å²) in [4.78, 5) is 0. The van der Waals surface area contributed by atoms with Gasteiger partial charge < -0.3 is 13.5 Å². The van der Waals surface area contributed by atoms with E-state index in [0.717, 1.165) is 68.6 Å². The van der Waals surface area contributed by atoms with Gasteiger partial charge in [-0.25, -0.2) is 0 Å². The molecule has 2 aliphatic rings. The first kappa shape index (κ1) is 26.0. The van der Waals surface area contributed by atoms with Crippen molar-refractivity contribution in [3.63, 3.8) is 0 Å². The first-order valence-corrected chi connectivity index (χ1v) is 15.7. The van der Waals surface area contributed by atoms with E-state index in [9.17, 15) is 21.9 Å². The minimum atomic E-state index is -3.62. The fourth-order valence-corrected chi connectivity index (χ4v) is 7.10. The highest BCUT2D eigenvalue weighted by molar-refractivity contribution is 7.86. The Morgan fingerprint density at radius 3 is 2.20 bits per heavy atom. The standard InChI is InChI=1S/C26H34O7S2/c1-4-13-25(27)14-15-26(17-19-5-9-22(10-6-19)32-34(2,28)29)21(18-25)8-7-20-16-23(11-12-24(20)26)33-35(3,30)31/h5-6,9-12,16,21,27H,4,7-8,13-15,17-18H2,1-3H3/t21-,25?,26-/m0/s1. The SMILES string of the molecule is CCCC1(O)CC[C@@]2(Cc3ccc(OS(C)(=O)=O)cc3)c3ccc(OS(C)(=O)=O)cc3CC[C@H]2C1. The average Bonchev–Trinajstić information content (AvgIpc) is 2.73. The summed E-state index contributed by atoms with van der Waals surface area (Å²) in [6.07, 6.45) is 8.45. The van der Waals surface area contributed by atoms with Crippen molar-refractivity contribution in [2.75, 3.05) is 12.5 Å². The second-order valence-corrected chi connectivity index (χ2v) is 13.4. The molecule has 0 spiro atoms. The molecule has 1 fully saturated rings. The van der Waals surface area contributed by atoms with Gasteiger partial charge in [0, 0.05) is 5.41 Å². The maximum Gasteiger partial charge on any atom is 0.306 e. The van der Waals surface area contributed by atoms with Gasteiger partial charge in [0.2, 0.25) is 0 Å². The highest BCUT2D eigenvalue weighted by atomic mass is 32.2. The molecule has 0 radical (unpaired) electrons. The Morgan fingerprint density at radius 2 is 1.57 bits per heavy atom. The summed E-state index contributed by atoms with van der Waals surface area (Å²) in [5, 5.41) is 11.3. The van der Waals surface area contributed by atoms with Crippen LogP contribution in [0.5, 0.6) is 11.5 Å². The van der Waals surface area contributed by atoms with Gasteiger partial charge in [-0.2, -0.15) is 16.8 Å². The summed E-state index contributed by atoms with van der Waals surface area (Å²) in [6.45, 7) is 2.10. The monoisotopic (exact) mass is 522 g/mol. The Kier molecular flexibility index (Phi) is 6.98. The molecule has 2 aromatic rings. The van der Waals surface area contributed by atoms with Crippen molar-refractivity contribution < 1.29 is 30.3 Å². The molecule has 3 atom stereocenters. The average molecular weight is 523 g/mol. The zero-order valence-corrected chi connectivity index (χ0v) is 22.1. The van der Waals surface area contributed by atoms with Crippen LogP contribution in [-0.2, 0) is 38.5 Å². The minimum absolute atomic E-state index is 0.212. The van der Waals surface area contributed by atoms with Crippen molar-refractivity contribution in [2.45, 2.75) is 69.3 Å². The molecule has 9 heteroatoms. The van der Waals surface area contributed by atoms with Crippen LogP contribution in [0.25, 0.3) is 0 Å². The van der Waals surface area contributed by atoms with E-state index in [2.05, 4.69) is 6.92 Å². The minimum Gasteiger partial charge on any atom is -0.390 e. The van der Waals surface area contributed by atoms with Crippen molar-refractivity contribution >= 4 is 20.2 Å². The smallest absolute Gasteiger partial charge is 0.306 e. The third-order valence-corrected chi connectivity index (χ3v) is 8.46. The maximum absolute atomic E-state index is 11.7. The third kappa shape index (κ3) is 6.01. The quantitative estimate of drug-likeness (QED) is 0.520. The highest BCUT2D eigenvalue weighted by Crippen LogP contribution is 2.55. The molecule has 4 rings (SSSR count).